The van der Waals surface area contributed by atoms with Gasteiger partial charge in [0.25, 0.3) is 5.91 Å². The van der Waals surface area contributed by atoms with Crippen LogP contribution in [-0.4, -0.2) is 37.6 Å². The van der Waals surface area contributed by atoms with E-state index < -0.39 is 11.9 Å². The first-order valence-corrected chi connectivity index (χ1v) is 5.68. The Balaban J connectivity index is 2.42. The molecule has 6 nitrogen and oxygen atoms in total. The number of hydrogen-bond donors (Lipinski definition) is 2. The Morgan fingerprint density at radius 1 is 1.39 bits per heavy atom. The fourth-order valence-electron chi connectivity index (χ4n) is 1.40. The van der Waals surface area contributed by atoms with Gasteiger partial charge in [0.05, 0.1) is 12.9 Å². The Bertz CT molecular complexity index is 389. The van der Waals surface area contributed by atoms with E-state index >= 15 is 0 Å². The van der Waals surface area contributed by atoms with E-state index in [1.54, 1.807) is 20.1 Å². The van der Waals surface area contributed by atoms with Crippen LogP contribution in [0.25, 0.3) is 0 Å². The van der Waals surface area contributed by atoms with Gasteiger partial charge in [0, 0.05) is 13.2 Å². The molecule has 0 saturated heterocycles. The van der Waals surface area contributed by atoms with Crippen molar-refractivity contribution in [2.24, 2.45) is 0 Å². The Morgan fingerprint density at radius 3 is 2.67 bits per heavy atom. The molecule has 1 aromatic rings. The molecule has 0 unspecified atom stereocenters. The van der Waals surface area contributed by atoms with E-state index in [-0.39, 0.29) is 17.7 Å². The first kappa shape index (κ1) is 14.2. The van der Waals surface area contributed by atoms with Crippen molar-refractivity contribution in [3.05, 3.63) is 24.2 Å². The molecule has 18 heavy (non-hydrogen) atoms. The summed E-state index contributed by atoms with van der Waals surface area (Å²) in [6.07, 6.45) is 1.40. The quantitative estimate of drug-likeness (QED) is 0.776. The molecule has 1 rings (SSSR count). The second kappa shape index (κ2) is 6.80. The van der Waals surface area contributed by atoms with Gasteiger partial charge in [-0.15, -0.1) is 0 Å². The number of carbonyl (C=O) groups excluding carboxylic acids is 2. The van der Waals surface area contributed by atoms with Crippen molar-refractivity contribution in [1.82, 2.24) is 10.6 Å². The number of furan rings is 1. The summed E-state index contributed by atoms with van der Waals surface area (Å²) < 4.78 is 9.84. The molecule has 1 heterocycles. The predicted molar refractivity (Wildman–Crippen MR) is 65.1 cm³/mol. The zero-order chi connectivity index (χ0) is 13.5. The maximum Gasteiger partial charge on any atom is 0.287 e. The fraction of sp³-hybridized carbons (Fsp3) is 0.500. The monoisotopic (exact) mass is 254 g/mol. The van der Waals surface area contributed by atoms with Crippen molar-refractivity contribution in [2.75, 3.05) is 13.7 Å². The third kappa shape index (κ3) is 4.21. The lowest BCUT2D eigenvalue weighted by molar-refractivity contribution is -0.123. The molecule has 0 aliphatic carbocycles. The largest absolute Gasteiger partial charge is 0.459 e. The van der Waals surface area contributed by atoms with Crippen molar-refractivity contribution < 1.29 is 18.7 Å². The molecule has 2 amide bonds. The molecule has 0 spiro atoms. The van der Waals surface area contributed by atoms with Crippen LogP contribution >= 0.6 is 0 Å². The van der Waals surface area contributed by atoms with Crippen molar-refractivity contribution in [3.63, 3.8) is 0 Å². The summed E-state index contributed by atoms with van der Waals surface area (Å²) in [6, 6.07) is 2.40. The smallest absolute Gasteiger partial charge is 0.287 e. The standard InChI is InChI=1S/C12H18N2O4/c1-8(7-17-3)13-11(15)9(2)14-12(16)10-5-4-6-18-10/h4-6,8-9H,7H2,1-3H3,(H,13,15)(H,14,16)/t8-,9+/m1/s1. The van der Waals surface area contributed by atoms with Gasteiger partial charge in [-0.25, -0.2) is 0 Å². The summed E-state index contributed by atoms with van der Waals surface area (Å²) in [5, 5.41) is 5.27. The lowest BCUT2D eigenvalue weighted by Gasteiger charge is -2.17. The van der Waals surface area contributed by atoms with E-state index in [4.69, 9.17) is 9.15 Å². The number of hydrogen-bond acceptors (Lipinski definition) is 4. The minimum atomic E-state index is -0.637. The number of amides is 2. The van der Waals surface area contributed by atoms with Crippen LogP contribution in [0.2, 0.25) is 0 Å². The van der Waals surface area contributed by atoms with Crippen LogP contribution in [-0.2, 0) is 9.53 Å². The van der Waals surface area contributed by atoms with Gasteiger partial charge in [-0.2, -0.15) is 0 Å². The first-order chi connectivity index (χ1) is 8.54. The average molecular weight is 254 g/mol. The summed E-state index contributed by atoms with van der Waals surface area (Å²) >= 11 is 0. The SMILES string of the molecule is COC[C@@H](C)NC(=O)[C@H](C)NC(=O)c1ccco1. The van der Waals surface area contributed by atoms with Crippen molar-refractivity contribution in [3.8, 4) is 0 Å². The molecule has 0 saturated carbocycles. The molecule has 0 aliphatic rings. The molecular formula is C12H18N2O4. The van der Waals surface area contributed by atoms with Crippen LogP contribution < -0.4 is 10.6 Å². The van der Waals surface area contributed by atoms with E-state index in [1.165, 1.54) is 12.3 Å². The van der Waals surface area contributed by atoms with Gasteiger partial charge in [0.2, 0.25) is 5.91 Å². The van der Waals surface area contributed by atoms with E-state index in [0.29, 0.717) is 6.61 Å². The van der Waals surface area contributed by atoms with Crippen molar-refractivity contribution >= 4 is 11.8 Å². The predicted octanol–water partition coefficient (Wildman–Crippen LogP) is 0.549. The molecule has 2 N–H and O–H groups in total. The Labute approximate surface area is 106 Å². The lowest BCUT2D eigenvalue weighted by atomic mass is 10.2. The number of carbonyl (C=O) groups is 2. The molecule has 0 aromatic carbocycles. The molecule has 0 aliphatic heterocycles. The van der Waals surface area contributed by atoms with Gasteiger partial charge in [-0.1, -0.05) is 0 Å². The number of nitrogens with one attached hydrogen (secondary N) is 2. The number of ether oxygens (including phenoxy) is 1. The van der Waals surface area contributed by atoms with Gasteiger partial charge in [0.15, 0.2) is 5.76 Å². The molecule has 100 valence electrons. The van der Waals surface area contributed by atoms with E-state index in [2.05, 4.69) is 10.6 Å². The highest BCUT2D eigenvalue weighted by Gasteiger charge is 2.19. The minimum Gasteiger partial charge on any atom is -0.459 e. The summed E-state index contributed by atoms with van der Waals surface area (Å²) in [6.45, 7) is 3.85. The summed E-state index contributed by atoms with van der Waals surface area (Å²) in [4.78, 5) is 23.3. The summed E-state index contributed by atoms with van der Waals surface area (Å²) in [7, 11) is 1.56. The zero-order valence-electron chi connectivity index (χ0n) is 10.7. The van der Waals surface area contributed by atoms with E-state index in [0.717, 1.165) is 0 Å². The second-order valence-electron chi connectivity index (χ2n) is 4.04. The molecule has 0 fully saturated rings. The fourth-order valence-corrected chi connectivity index (χ4v) is 1.40. The van der Waals surface area contributed by atoms with Crippen molar-refractivity contribution in [2.45, 2.75) is 25.9 Å². The van der Waals surface area contributed by atoms with Crippen LogP contribution in [0.4, 0.5) is 0 Å². The third-order valence-corrected chi connectivity index (χ3v) is 2.29. The topological polar surface area (TPSA) is 80.6 Å². The molecule has 0 bridgehead atoms. The van der Waals surface area contributed by atoms with Gasteiger partial charge < -0.3 is 19.8 Å². The zero-order valence-corrected chi connectivity index (χ0v) is 10.7. The minimum absolute atomic E-state index is 0.106. The first-order valence-electron chi connectivity index (χ1n) is 5.68. The van der Waals surface area contributed by atoms with Crippen LogP contribution in [0.5, 0.6) is 0 Å². The van der Waals surface area contributed by atoms with Crippen LogP contribution in [0, 0.1) is 0 Å². The molecule has 6 heteroatoms. The maximum atomic E-state index is 11.7. The maximum absolute atomic E-state index is 11.7. The van der Waals surface area contributed by atoms with Crippen LogP contribution in [0.15, 0.2) is 22.8 Å². The van der Waals surface area contributed by atoms with Crippen molar-refractivity contribution in [1.29, 1.82) is 0 Å². The third-order valence-electron chi connectivity index (χ3n) is 2.29. The highest BCUT2D eigenvalue weighted by Crippen LogP contribution is 2.00. The number of rotatable bonds is 6. The Hall–Kier alpha value is -1.82. The van der Waals surface area contributed by atoms with Gasteiger partial charge >= 0.3 is 0 Å². The Kier molecular flexibility index (Phi) is 5.38. The highest BCUT2D eigenvalue weighted by molar-refractivity contribution is 5.95. The van der Waals surface area contributed by atoms with E-state index in [1.807, 2.05) is 6.92 Å². The van der Waals surface area contributed by atoms with E-state index in [9.17, 15) is 9.59 Å². The van der Waals surface area contributed by atoms with Gasteiger partial charge in [-0.05, 0) is 26.0 Å². The Morgan fingerprint density at radius 2 is 2.11 bits per heavy atom. The van der Waals surface area contributed by atoms with Crippen LogP contribution in [0.1, 0.15) is 24.4 Å². The molecular weight excluding hydrogens is 236 g/mol. The molecule has 0 radical (unpaired) electrons. The summed E-state index contributed by atoms with van der Waals surface area (Å²) in [5.41, 5.74) is 0. The lowest BCUT2D eigenvalue weighted by Crippen LogP contribution is -2.48. The average Bonchev–Trinajstić information content (AvgIpc) is 2.82. The second-order valence-corrected chi connectivity index (χ2v) is 4.04. The highest BCUT2D eigenvalue weighted by atomic mass is 16.5. The van der Waals surface area contributed by atoms with Crippen LogP contribution in [0.3, 0.4) is 0 Å². The summed E-state index contributed by atoms with van der Waals surface area (Å²) in [5.74, 6) is -0.499. The molecule has 2 atom stereocenters. The molecule has 1 aromatic heterocycles. The van der Waals surface area contributed by atoms with Gasteiger partial charge in [-0.3, -0.25) is 9.59 Å². The normalized spacial score (nSPS) is 13.7. The van der Waals surface area contributed by atoms with Gasteiger partial charge in [0.1, 0.15) is 6.04 Å². The number of methoxy groups -OCH3 is 1.